The van der Waals surface area contributed by atoms with Gasteiger partial charge in [-0.3, -0.25) is 0 Å². The maximum Gasteiger partial charge on any atom is 0.247 e. The molecule has 0 spiro atoms. The largest absolute Gasteiger partial charge is 0.447 e. The summed E-state index contributed by atoms with van der Waals surface area (Å²) >= 11 is 6.88. The molecule has 0 unspecified atom stereocenters. The van der Waals surface area contributed by atoms with Crippen molar-refractivity contribution in [2.24, 2.45) is 0 Å². The number of nitrogens with one attached hydrogen (secondary N) is 1. The number of benzene rings is 1. The molecule has 0 fully saturated rings. The highest BCUT2D eigenvalue weighted by molar-refractivity contribution is 9.10. The molecular weight excluding hydrogens is 444 g/mol. The van der Waals surface area contributed by atoms with Gasteiger partial charge in [-0.05, 0) is 43.7 Å². The second-order valence-electron chi connectivity index (χ2n) is 6.23. The smallest absolute Gasteiger partial charge is 0.247 e. The molecule has 1 N–H and O–H groups in total. The van der Waals surface area contributed by atoms with Gasteiger partial charge in [0.25, 0.3) is 0 Å². The van der Waals surface area contributed by atoms with Crippen molar-refractivity contribution in [2.45, 2.75) is 38.1 Å². The van der Waals surface area contributed by atoms with Crippen LogP contribution in [0.15, 0.2) is 40.0 Å². The summed E-state index contributed by atoms with van der Waals surface area (Å²) < 4.78 is 7.26. The number of aromatic nitrogens is 3. The summed E-state index contributed by atoms with van der Waals surface area (Å²) in [7, 11) is 0. The first-order chi connectivity index (χ1) is 13.1. The summed E-state index contributed by atoms with van der Waals surface area (Å²) in [6, 6.07) is 10.2. The maximum absolute atomic E-state index is 6.28. The van der Waals surface area contributed by atoms with Crippen LogP contribution in [0.4, 0.5) is 5.69 Å². The van der Waals surface area contributed by atoms with Crippen LogP contribution in [0.1, 0.15) is 35.7 Å². The highest BCUT2D eigenvalue weighted by Gasteiger charge is 2.27. The van der Waals surface area contributed by atoms with Crippen LogP contribution < -0.4 is 10.1 Å². The third-order valence-electron chi connectivity index (χ3n) is 4.14. The van der Waals surface area contributed by atoms with Gasteiger partial charge in [0.05, 0.1) is 4.88 Å². The van der Waals surface area contributed by atoms with E-state index in [0.29, 0.717) is 16.7 Å². The number of anilines is 1. The van der Waals surface area contributed by atoms with E-state index in [-0.39, 0.29) is 6.23 Å². The molecule has 1 aliphatic rings. The molecule has 3 heterocycles. The van der Waals surface area contributed by atoms with Crippen molar-refractivity contribution >= 4 is 44.7 Å². The highest BCUT2D eigenvalue weighted by Crippen LogP contribution is 2.41. The van der Waals surface area contributed by atoms with Gasteiger partial charge in [0.2, 0.25) is 17.3 Å². The molecular formula is C19H19BrN4OS2. The molecule has 5 nitrogen and oxygen atoms in total. The Hall–Kier alpha value is -1.64. The molecule has 140 valence electrons. The first-order valence-electron chi connectivity index (χ1n) is 8.81. The summed E-state index contributed by atoms with van der Waals surface area (Å²) in [6.45, 7) is 4.27. The summed E-state index contributed by atoms with van der Waals surface area (Å²) in [4.78, 5) is 7.02. The van der Waals surface area contributed by atoms with Gasteiger partial charge in [-0.25, -0.2) is 0 Å². The fourth-order valence-electron chi connectivity index (χ4n) is 2.76. The standard InChI is InChI=1S/C19H19BrN4OS2/c1-3-4-9-26-19-22-18-16(23-24-19)13-10-12(20)6-7-14(13)21-17(25-18)15-8-5-11(2)27-15/h5-8,10,17,21H,3-4,9H2,1-2H3/t17-/m0/s1. The molecule has 1 atom stereocenters. The minimum absolute atomic E-state index is 0.310. The Morgan fingerprint density at radius 1 is 1.26 bits per heavy atom. The van der Waals surface area contributed by atoms with Crippen molar-refractivity contribution in [3.63, 3.8) is 0 Å². The lowest BCUT2D eigenvalue weighted by molar-refractivity contribution is 0.229. The highest BCUT2D eigenvalue weighted by atomic mass is 79.9. The average molecular weight is 463 g/mol. The fourth-order valence-corrected chi connectivity index (χ4v) is 4.84. The number of rotatable bonds is 5. The van der Waals surface area contributed by atoms with Crippen LogP contribution in [0, 0.1) is 6.92 Å². The third kappa shape index (κ3) is 4.12. The van der Waals surface area contributed by atoms with Crippen LogP contribution >= 0.6 is 39.0 Å². The van der Waals surface area contributed by atoms with E-state index in [9.17, 15) is 0 Å². The zero-order valence-corrected chi connectivity index (χ0v) is 18.2. The Morgan fingerprint density at radius 3 is 2.93 bits per heavy atom. The van der Waals surface area contributed by atoms with Crippen LogP contribution in [-0.4, -0.2) is 20.9 Å². The monoisotopic (exact) mass is 462 g/mol. The predicted molar refractivity (Wildman–Crippen MR) is 115 cm³/mol. The van der Waals surface area contributed by atoms with E-state index < -0.39 is 0 Å². The molecule has 2 aromatic heterocycles. The summed E-state index contributed by atoms with van der Waals surface area (Å²) in [6.07, 6.45) is 1.96. The lowest BCUT2D eigenvalue weighted by Gasteiger charge is -2.17. The number of nitrogens with zero attached hydrogens (tertiary/aromatic N) is 3. The van der Waals surface area contributed by atoms with Crippen LogP contribution in [0.25, 0.3) is 11.3 Å². The Morgan fingerprint density at radius 2 is 2.15 bits per heavy atom. The van der Waals surface area contributed by atoms with Crippen molar-refractivity contribution in [1.82, 2.24) is 15.2 Å². The second-order valence-corrected chi connectivity index (χ2v) is 9.53. The SMILES string of the molecule is CCCCSc1nnc2c(n1)O[C@@H](c1ccc(C)s1)Nc1ccc(Br)cc1-2. The van der Waals surface area contributed by atoms with Crippen LogP contribution in [0.5, 0.6) is 5.88 Å². The van der Waals surface area contributed by atoms with Crippen LogP contribution in [0.2, 0.25) is 0 Å². The second kappa shape index (κ2) is 8.16. The topological polar surface area (TPSA) is 59.9 Å². The molecule has 0 amide bonds. The Kier molecular flexibility index (Phi) is 5.66. The van der Waals surface area contributed by atoms with Gasteiger partial charge < -0.3 is 10.1 Å². The molecule has 8 heteroatoms. The van der Waals surface area contributed by atoms with Gasteiger partial charge in [-0.15, -0.1) is 21.5 Å². The number of hydrogen-bond donors (Lipinski definition) is 1. The zero-order valence-electron chi connectivity index (χ0n) is 15.0. The van der Waals surface area contributed by atoms with Crippen molar-refractivity contribution in [2.75, 3.05) is 11.1 Å². The van der Waals surface area contributed by atoms with Gasteiger partial charge in [0.1, 0.15) is 0 Å². The number of thioether (sulfide) groups is 1. The molecule has 4 rings (SSSR count). The van der Waals surface area contributed by atoms with Crippen molar-refractivity contribution in [3.05, 3.63) is 44.6 Å². The molecule has 0 saturated carbocycles. The molecule has 0 radical (unpaired) electrons. The molecule has 1 aliphatic heterocycles. The lowest BCUT2D eigenvalue weighted by atomic mass is 10.1. The first-order valence-corrected chi connectivity index (χ1v) is 11.4. The molecule has 27 heavy (non-hydrogen) atoms. The Balaban J connectivity index is 1.76. The number of ether oxygens (including phenoxy) is 1. The van der Waals surface area contributed by atoms with Crippen LogP contribution in [-0.2, 0) is 0 Å². The fraction of sp³-hybridized carbons (Fsp3) is 0.316. The van der Waals surface area contributed by atoms with E-state index in [1.807, 2.05) is 18.2 Å². The maximum atomic E-state index is 6.28. The summed E-state index contributed by atoms with van der Waals surface area (Å²) in [5.41, 5.74) is 2.55. The average Bonchev–Trinajstić information content (AvgIpc) is 3.02. The Labute approximate surface area is 175 Å². The zero-order chi connectivity index (χ0) is 18.8. The molecule has 3 aromatic rings. The van der Waals surface area contributed by atoms with E-state index in [0.717, 1.165) is 39.2 Å². The first kappa shape index (κ1) is 18.7. The number of hydrogen-bond acceptors (Lipinski definition) is 7. The van der Waals surface area contributed by atoms with E-state index >= 15 is 0 Å². The summed E-state index contributed by atoms with van der Waals surface area (Å²) in [5.74, 6) is 1.50. The lowest BCUT2D eigenvalue weighted by Crippen LogP contribution is -2.15. The molecule has 0 saturated heterocycles. The molecule has 0 aliphatic carbocycles. The van der Waals surface area contributed by atoms with Gasteiger partial charge in [0, 0.05) is 26.4 Å². The van der Waals surface area contributed by atoms with Crippen molar-refractivity contribution in [1.29, 1.82) is 0 Å². The Bertz CT molecular complexity index is 963. The number of fused-ring (bicyclic) bond motifs is 3. The number of thiophene rings is 1. The van der Waals surface area contributed by atoms with E-state index in [1.54, 1.807) is 23.1 Å². The minimum Gasteiger partial charge on any atom is -0.447 e. The van der Waals surface area contributed by atoms with E-state index in [2.05, 4.69) is 62.4 Å². The molecule has 1 aromatic carbocycles. The molecule has 0 bridgehead atoms. The van der Waals surface area contributed by atoms with E-state index in [4.69, 9.17) is 4.74 Å². The predicted octanol–water partition coefficient (Wildman–Crippen LogP) is 6.07. The minimum atomic E-state index is -0.310. The van der Waals surface area contributed by atoms with E-state index in [1.165, 1.54) is 4.88 Å². The van der Waals surface area contributed by atoms with Gasteiger partial charge in [-0.1, -0.05) is 41.0 Å². The van der Waals surface area contributed by atoms with Crippen molar-refractivity contribution in [3.8, 4) is 17.1 Å². The third-order valence-corrected chi connectivity index (χ3v) is 6.60. The number of unbranched alkanes of at least 4 members (excludes halogenated alkanes) is 1. The normalized spacial score (nSPS) is 15.3. The van der Waals surface area contributed by atoms with Gasteiger partial charge in [0.15, 0.2) is 5.69 Å². The quantitative estimate of drug-likeness (QED) is 0.366. The summed E-state index contributed by atoms with van der Waals surface area (Å²) in [5, 5.41) is 12.9. The number of halogens is 1. The number of aryl methyl sites for hydroxylation is 1. The van der Waals surface area contributed by atoms with Gasteiger partial charge >= 0.3 is 0 Å². The van der Waals surface area contributed by atoms with Gasteiger partial charge in [-0.2, -0.15) is 4.98 Å². The van der Waals surface area contributed by atoms with Crippen LogP contribution in [0.3, 0.4) is 0 Å². The van der Waals surface area contributed by atoms with Crippen molar-refractivity contribution < 1.29 is 4.74 Å².